The minimum absolute atomic E-state index is 0.158. The SMILES string of the molecule is CC1CC(c2ccccc2C(F)(F)F)=CCN1C(=O)c1cc2ncc(Cl)cn2n1. The monoisotopic (exact) mass is 420 g/mol. The van der Waals surface area contributed by atoms with Crippen LogP contribution < -0.4 is 0 Å². The summed E-state index contributed by atoms with van der Waals surface area (Å²) in [6, 6.07) is 6.78. The Hall–Kier alpha value is -2.87. The third-order valence-electron chi connectivity index (χ3n) is 4.92. The van der Waals surface area contributed by atoms with Gasteiger partial charge in [-0.1, -0.05) is 35.9 Å². The lowest BCUT2D eigenvalue weighted by atomic mass is 9.91. The van der Waals surface area contributed by atoms with Crippen LogP contribution in [0.15, 0.2) is 48.8 Å². The van der Waals surface area contributed by atoms with Crippen molar-refractivity contribution in [3.63, 3.8) is 0 Å². The third kappa shape index (κ3) is 3.72. The zero-order chi connectivity index (χ0) is 20.8. The van der Waals surface area contributed by atoms with Gasteiger partial charge in [-0.3, -0.25) is 4.79 Å². The zero-order valence-electron chi connectivity index (χ0n) is 15.3. The topological polar surface area (TPSA) is 50.5 Å². The molecule has 3 aromatic rings. The summed E-state index contributed by atoms with van der Waals surface area (Å²) in [6.07, 6.45) is 0.567. The van der Waals surface area contributed by atoms with Crippen LogP contribution in [0.25, 0.3) is 11.2 Å². The van der Waals surface area contributed by atoms with Crippen molar-refractivity contribution in [3.8, 4) is 0 Å². The molecule has 0 saturated carbocycles. The highest BCUT2D eigenvalue weighted by molar-refractivity contribution is 6.30. The first kappa shape index (κ1) is 19.4. The van der Waals surface area contributed by atoms with Gasteiger partial charge in [0.15, 0.2) is 11.3 Å². The largest absolute Gasteiger partial charge is 0.416 e. The van der Waals surface area contributed by atoms with E-state index in [9.17, 15) is 18.0 Å². The van der Waals surface area contributed by atoms with E-state index in [4.69, 9.17) is 11.6 Å². The Kier molecular flexibility index (Phi) is 4.82. The van der Waals surface area contributed by atoms with Gasteiger partial charge in [0, 0.05) is 24.8 Å². The maximum absolute atomic E-state index is 13.3. The fraction of sp³-hybridized carbons (Fsp3) is 0.250. The highest BCUT2D eigenvalue weighted by Crippen LogP contribution is 2.37. The van der Waals surface area contributed by atoms with Crippen molar-refractivity contribution in [2.24, 2.45) is 0 Å². The second-order valence-electron chi connectivity index (χ2n) is 6.89. The Morgan fingerprint density at radius 1 is 1.28 bits per heavy atom. The second kappa shape index (κ2) is 7.18. The van der Waals surface area contributed by atoms with Crippen LogP contribution in [0.4, 0.5) is 13.2 Å². The first-order valence-electron chi connectivity index (χ1n) is 8.91. The van der Waals surface area contributed by atoms with Crippen molar-refractivity contribution in [3.05, 3.63) is 70.6 Å². The summed E-state index contributed by atoms with van der Waals surface area (Å²) < 4.78 is 41.4. The molecule has 0 spiro atoms. The van der Waals surface area contributed by atoms with Gasteiger partial charge in [-0.05, 0) is 30.5 Å². The quantitative estimate of drug-likeness (QED) is 0.602. The second-order valence-corrected chi connectivity index (χ2v) is 7.32. The molecule has 0 aliphatic carbocycles. The van der Waals surface area contributed by atoms with Crippen LogP contribution >= 0.6 is 11.6 Å². The number of hydrogen-bond donors (Lipinski definition) is 0. The normalized spacial score (nSPS) is 17.5. The van der Waals surface area contributed by atoms with Gasteiger partial charge in [-0.25, -0.2) is 9.50 Å². The molecular formula is C20H16ClF3N4O. The van der Waals surface area contributed by atoms with Crippen LogP contribution in [0.1, 0.15) is 35.0 Å². The van der Waals surface area contributed by atoms with Crippen LogP contribution in [0.2, 0.25) is 5.02 Å². The Labute approximate surface area is 169 Å². The molecule has 150 valence electrons. The summed E-state index contributed by atoms with van der Waals surface area (Å²) in [4.78, 5) is 18.6. The predicted molar refractivity (Wildman–Crippen MR) is 103 cm³/mol. The minimum atomic E-state index is -4.43. The molecule has 1 amide bonds. The molecule has 1 aliphatic rings. The number of aromatic nitrogens is 3. The minimum Gasteiger partial charge on any atom is -0.330 e. The average Bonchev–Trinajstić information content (AvgIpc) is 3.10. The summed E-state index contributed by atoms with van der Waals surface area (Å²) >= 11 is 5.89. The van der Waals surface area contributed by atoms with E-state index in [1.807, 2.05) is 6.92 Å². The fourth-order valence-electron chi connectivity index (χ4n) is 3.52. The highest BCUT2D eigenvalue weighted by atomic mass is 35.5. The van der Waals surface area contributed by atoms with Crippen molar-refractivity contribution in [1.29, 1.82) is 0 Å². The third-order valence-corrected chi connectivity index (χ3v) is 5.12. The van der Waals surface area contributed by atoms with Gasteiger partial charge < -0.3 is 4.90 Å². The van der Waals surface area contributed by atoms with E-state index in [-0.39, 0.29) is 29.8 Å². The molecule has 0 fully saturated rings. The molecule has 3 heterocycles. The number of fused-ring (bicyclic) bond motifs is 1. The van der Waals surface area contributed by atoms with Gasteiger partial charge in [0.2, 0.25) is 0 Å². The molecule has 1 aliphatic heterocycles. The molecule has 1 aromatic carbocycles. The number of alkyl halides is 3. The van der Waals surface area contributed by atoms with E-state index < -0.39 is 11.7 Å². The molecule has 29 heavy (non-hydrogen) atoms. The number of amides is 1. The molecule has 1 unspecified atom stereocenters. The van der Waals surface area contributed by atoms with Crippen molar-refractivity contribution in [2.75, 3.05) is 6.54 Å². The van der Waals surface area contributed by atoms with Crippen LogP contribution in [0.5, 0.6) is 0 Å². The molecule has 0 N–H and O–H groups in total. The van der Waals surface area contributed by atoms with Crippen molar-refractivity contribution in [1.82, 2.24) is 19.5 Å². The maximum Gasteiger partial charge on any atom is 0.416 e. The summed E-state index contributed by atoms with van der Waals surface area (Å²) in [5.74, 6) is -0.307. The van der Waals surface area contributed by atoms with Crippen molar-refractivity contribution in [2.45, 2.75) is 25.6 Å². The average molecular weight is 421 g/mol. The van der Waals surface area contributed by atoms with Crippen LogP contribution in [-0.2, 0) is 6.18 Å². The highest BCUT2D eigenvalue weighted by Gasteiger charge is 2.35. The number of benzene rings is 1. The van der Waals surface area contributed by atoms with E-state index in [2.05, 4.69) is 10.1 Å². The first-order chi connectivity index (χ1) is 13.7. The number of nitrogens with zero attached hydrogens (tertiary/aromatic N) is 4. The standard InChI is InChI=1S/C20H16ClF3N4O/c1-12-8-13(15-4-2-3-5-16(15)20(22,23)24)6-7-27(12)19(29)17-9-18-25-10-14(21)11-28(18)26-17/h2-6,9-12H,7-8H2,1H3. The lowest BCUT2D eigenvalue weighted by Crippen LogP contribution is -2.41. The van der Waals surface area contributed by atoms with Crippen LogP contribution in [0, 0.1) is 0 Å². The van der Waals surface area contributed by atoms with E-state index in [1.54, 1.807) is 29.3 Å². The summed E-state index contributed by atoms with van der Waals surface area (Å²) in [5.41, 5.74) is 0.766. The van der Waals surface area contributed by atoms with Gasteiger partial charge in [-0.2, -0.15) is 18.3 Å². The molecule has 9 heteroatoms. The Bertz CT molecular complexity index is 1120. The van der Waals surface area contributed by atoms with E-state index >= 15 is 0 Å². The number of carbonyl (C=O) groups is 1. The maximum atomic E-state index is 13.3. The van der Waals surface area contributed by atoms with Gasteiger partial charge in [0.25, 0.3) is 5.91 Å². The lowest BCUT2D eigenvalue weighted by molar-refractivity contribution is -0.137. The Morgan fingerprint density at radius 2 is 2.03 bits per heavy atom. The van der Waals surface area contributed by atoms with Crippen molar-refractivity contribution >= 4 is 28.7 Å². The molecular weight excluding hydrogens is 405 g/mol. The van der Waals surface area contributed by atoms with E-state index in [0.29, 0.717) is 22.7 Å². The van der Waals surface area contributed by atoms with Crippen LogP contribution in [-0.4, -0.2) is 38.0 Å². The summed E-state index contributed by atoms with van der Waals surface area (Å²) in [7, 11) is 0. The number of rotatable bonds is 2. The summed E-state index contributed by atoms with van der Waals surface area (Å²) in [5, 5.41) is 4.61. The summed E-state index contributed by atoms with van der Waals surface area (Å²) in [6.45, 7) is 2.01. The van der Waals surface area contributed by atoms with E-state index in [1.165, 1.54) is 22.8 Å². The Balaban J connectivity index is 1.61. The number of halogens is 4. The smallest absolute Gasteiger partial charge is 0.330 e. The zero-order valence-corrected chi connectivity index (χ0v) is 16.1. The molecule has 1 atom stereocenters. The van der Waals surface area contributed by atoms with Crippen LogP contribution in [0.3, 0.4) is 0 Å². The number of carbonyl (C=O) groups excluding carboxylic acids is 1. The first-order valence-corrected chi connectivity index (χ1v) is 9.29. The van der Waals surface area contributed by atoms with Gasteiger partial charge in [0.05, 0.1) is 16.8 Å². The van der Waals surface area contributed by atoms with Crippen molar-refractivity contribution < 1.29 is 18.0 Å². The molecule has 0 saturated heterocycles. The van der Waals surface area contributed by atoms with Gasteiger partial charge in [0.1, 0.15) is 0 Å². The molecule has 2 aromatic heterocycles. The van der Waals surface area contributed by atoms with Gasteiger partial charge in [-0.15, -0.1) is 0 Å². The van der Waals surface area contributed by atoms with Gasteiger partial charge >= 0.3 is 6.18 Å². The lowest BCUT2D eigenvalue weighted by Gasteiger charge is -2.33. The Morgan fingerprint density at radius 3 is 2.76 bits per heavy atom. The predicted octanol–water partition coefficient (Wildman–Crippen LogP) is 4.72. The molecule has 4 rings (SSSR count). The number of hydrogen-bond acceptors (Lipinski definition) is 3. The van der Waals surface area contributed by atoms with E-state index in [0.717, 1.165) is 6.07 Å². The molecule has 5 nitrogen and oxygen atoms in total. The fourth-order valence-corrected chi connectivity index (χ4v) is 3.66. The molecule has 0 radical (unpaired) electrons. The molecule has 0 bridgehead atoms.